The molecule has 0 aromatic rings. The van der Waals surface area contributed by atoms with Crippen LogP contribution in [0.15, 0.2) is 0 Å². The first-order valence-corrected chi connectivity index (χ1v) is 5.23. The van der Waals surface area contributed by atoms with Gasteiger partial charge in [0.15, 0.2) is 0 Å². The lowest BCUT2D eigenvalue weighted by molar-refractivity contribution is -0.152. The van der Waals surface area contributed by atoms with Crippen molar-refractivity contribution in [1.29, 1.82) is 5.26 Å². The van der Waals surface area contributed by atoms with E-state index >= 15 is 0 Å². The fourth-order valence-electron chi connectivity index (χ4n) is 3.03. The lowest BCUT2D eigenvalue weighted by Crippen LogP contribution is -2.41. The van der Waals surface area contributed by atoms with Crippen LogP contribution in [0.2, 0.25) is 0 Å². The third-order valence-corrected chi connectivity index (χ3v) is 3.83. The van der Waals surface area contributed by atoms with Crippen molar-refractivity contribution in [1.82, 2.24) is 0 Å². The van der Waals surface area contributed by atoms with Crippen LogP contribution in [0.5, 0.6) is 0 Å². The minimum Gasteiger partial charge on any atom is -0.469 e. The minimum atomic E-state index is -0.0731. The van der Waals surface area contributed by atoms with E-state index in [0.29, 0.717) is 11.8 Å². The number of esters is 1. The van der Waals surface area contributed by atoms with E-state index in [1.165, 1.54) is 7.11 Å². The van der Waals surface area contributed by atoms with Crippen molar-refractivity contribution < 1.29 is 9.53 Å². The monoisotopic (exact) mass is 193 g/mol. The van der Waals surface area contributed by atoms with Crippen LogP contribution in [-0.2, 0) is 9.53 Å². The van der Waals surface area contributed by atoms with Gasteiger partial charge in [-0.25, -0.2) is 0 Å². The third-order valence-electron chi connectivity index (χ3n) is 3.83. The van der Waals surface area contributed by atoms with Gasteiger partial charge in [-0.1, -0.05) is 0 Å². The number of ether oxygens (including phenoxy) is 1. The Morgan fingerprint density at radius 2 is 2.07 bits per heavy atom. The Morgan fingerprint density at radius 1 is 1.36 bits per heavy atom. The summed E-state index contributed by atoms with van der Waals surface area (Å²) in [6.45, 7) is 0. The molecule has 0 saturated heterocycles. The maximum absolute atomic E-state index is 11.4. The van der Waals surface area contributed by atoms with E-state index in [2.05, 4.69) is 6.07 Å². The molecule has 0 heterocycles. The number of hydrogen-bond donors (Lipinski definition) is 0. The molecule has 3 aliphatic rings. The van der Waals surface area contributed by atoms with Crippen molar-refractivity contribution in [3.63, 3.8) is 0 Å². The summed E-state index contributed by atoms with van der Waals surface area (Å²) in [4.78, 5) is 11.4. The molecule has 76 valence electrons. The molecule has 14 heavy (non-hydrogen) atoms. The topological polar surface area (TPSA) is 50.1 Å². The molecule has 0 radical (unpaired) electrons. The Bertz CT molecular complexity index is 282. The summed E-state index contributed by atoms with van der Waals surface area (Å²) in [5.41, 5.74) is 0. The molecular weight excluding hydrogens is 178 g/mol. The average Bonchev–Trinajstić information content (AvgIpc) is 2.28. The highest BCUT2D eigenvalue weighted by atomic mass is 16.5. The predicted molar refractivity (Wildman–Crippen MR) is 50.1 cm³/mol. The van der Waals surface area contributed by atoms with Crippen LogP contribution in [0.1, 0.15) is 25.7 Å². The molecule has 3 rings (SSSR count). The maximum atomic E-state index is 11.4. The largest absolute Gasteiger partial charge is 0.469 e. The molecule has 3 nitrogen and oxygen atoms in total. The second kappa shape index (κ2) is 3.61. The molecule has 0 aromatic carbocycles. The van der Waals surface area contributed by atoms with E-state index < -0.39 is 0 Å². The number of fused-ring (bicyclic) bond motifs is 3. The van der Waals surface area contributed by atoms with E-state index in [1.54, 1.807) is 0 Å². The van der Waals surface area contributed by atoms with Crippen molar-refractivity contribution in [3.05, 3.63) is 0 Å². The Kier molecular flexibility index (Phi) is 2.45. The molecule has 4 atom stereocenters. The summed E-state index contributed by atoms with van der Waals surface area (Å²) in [6, 6.07) is 2.36. The van der Waals surface area contributed by atoms with E-state index in [-0.39, 0.29) is 17.8 Å². The highest BCUT2D eigenvalue weighted by Gasteiger charge is 2.45. The van der Waals surface area contributed by atoms with Crippen molar-refractivity contribution in [3.8, 4) is 6.07 Å². The first-order chi connectivity index (χ1) is 6.76. The van der Waals surface area contributed by atoms with Crippen LogP contribution >= 0.6 is 0 Å². The van der Waals surface area contributed by atoms with Crippen molar-refractivity contribution >= 4 is 5.97 Å². The summed E-state index contributed by atoms with van der Waals surface area (Å²) >= 11 is 0. The summed E-state index contributed by atoms with van der Waals surface area (Å²) < 4.78 is 4.79. The second-order valence-corrected chi connectivity index (χ2v) is 4.43. The Morgan fingerprint density at radius 3 is 2.57 bits per heavy atom. The lowest BCUT2D eigenvalue weighted by Gasteiger charge is -2.43. The van der Waals surface area contributed by atoms with E-state index in [4.69, 9.17) is 10.00 Å². The van der Waals surface area contributed by atoms with Gasteiger partial charge in [0, 0.05) is 5.92 Å². The summed E-state index contributed by atoms with van der Waals surface area (Å²) in [6.07, 6.45) is 4.00. The molecule has 0 aromatic heterocycles. The van der Waals surface area contributed by atoms with Crippen molar-refractivity contribution in [2.24, 2.45) is 23.7 Å². The SMILES string of the molecule is COC(=O)C1CC2CCC1CC2C#N. The number of nitrogens with zero attached hydrogens (tertiary/aromatic N) is 1. The molecule has 0 N–H and O–H groups in total. The third kappa shape index (κ3) is 1.39. The highest BCUT2D eigenvalue weighted by Crippen LogP contribution is 2.48. The molecule has 3 saturated carbocycles. The molecule has 3 heteroatoms. The normalized spacial score (nSPS) is 40.3. The van der Waals surface area contributed by atoms with E-state index in [1.807, 2.05) is 0 Å². The van der Waals surface area contributed by atoms with Crippen LogP contribution in [-0.4, -0.2) is 13.1 Å². The molecule has 4 unspecified atom stereocenters. The minimum absolute atomic E-state index is 0.0725. The van der Waals surface area contributed by atoms with Gasteiger partial charge < -0.3 is 4.74 Å². The van der Waals surface area contributed by atoms with Gasteiger partial charge in [0.1, 0.15) is 0 Å². The smallest absolute Gasteiger partial charge is 0.308 e. The first-order valence-electron chi connectivity index (χ1n) is 5.23. The first kappa shape index (κ1) is 9.51. The average molecular weight is 193 g/mol. The summed E-state index contributed by atoms with van der Waals surface area (Å²) in [7, 11) is 1.45. The van der Waals surface area contributed by atoms with Crippen LogP contribution in [0, 0.1) is 35.0 Å². The van der Waals surface area contributed by atoms with Crippen molar-refractivity contribution in [2.75, 3.05) is 7.11 Å². The number of methoxy groups -OCH3 is 1. The van der Waals surface area contributed by atoms with Gasteiger partial charge in [0.05, 0.1) is 19.1 Å². The zero-order chi connectivity index (χ0) is 10.1. The molecular formula is C11H15NO2. The zero-order valence-electron chi connectivity index (χ0n) is 8.40. The molecule has 0 amide bonds. The Labute approximate surface area is 84.0 Å². The fourth-order valence-corrected chi connectivity index (χ4v) is 3.03. The quantitative estimate of drug-likeness (QED) is 0.596. The maximum Gasteiger partial charge on any atom is 0.308 e. The van der Waals surface area contributed by atoms with E-state index in [9.17, 15) is 4.79 Å². The van der Waals surface area contributed by atoms with Crippen LogP contribution in [0.25, 0.3) is 0 Å². The molecule has 2 bridgehead atoms. The lowest BCUT2D eigenvalue weighted by atomic mass is 9.60. The Hall–Kier alpha value is -1.04. The van der Waals surface area contributed by atoms with Gasteiger partial charge in [-0.05, 0) is 37.5 Å². The predicted octanol–water partition coefficient (Wildman–Crippen LogP) is 1.74. The zero-order valence-corrected chi connectivity index (χ0v) is 8.40. The summed E-state index contributed by atoms with van der Waals surface area (Å²) in [5, 5.41) is 8.93. The standard InChI is InChI=1S/C11H15NO2/c1-14-11(13)10-5-7-2-3-8(10)4-9(7)6-12/h7-10H,2-5H2,1H3. The number of rotatable bonds is 1. The second-order valence-electron chi connectivity index (χ2n) is 4.43. The molecule has 3 aliphatic carbocycles. The molecule has 3 fully saturated rings. The van der Waals surface area contributed by atoms with Gasteiger partial charge in [0.25, 0.3) is 0 Å². The Balaban J connectivity index is 2.08. The van der Waals surface area contributed by atoms with Gasteiger partial charge in [-0.3, -0.25) is 4.79 Å². The number of hydrogen-bond acceptors (Lipinski definition) is 3. The van der Waals surface area contributed by atoms with Crippen LogP contribution in [0.4, 0.5) is 0 Å². The molecule has 0 spiro atoms. The van der Waals surface area contributed by atoms with Crippen molar-refractivity contribution in [2.45, 2.75) is 25.7 Å². The summed E-state index contributed by atoms with van der Waals surface area (Å²) in [5.74, 6) is 1.03. The van der Waals surface area contributed by atoms with Gasteiger partial charge in [0.2, 0.25) is 0 Å². The molecule has 0 aliphatic heterocycles. The fraction of sp³-hybridized carbons (Fsp3) is 0.818. The number of carbonyl (C=O) groups is 1. The van der Waals surface area contributed by atoms with Crippen LogP contribution in [0.3, 0.4) is 0 Å². The highest BCUT2D eigenvalue weighted by molar-refractivity contribution is 5.73. The van der Waals surface area contributed by atoms with E-state index in [0.717, 1.165) is 25.7 Å². The van der Waals surface area contributed by atoms with Gasteiger partial charge >= 0.3 is 5.97 Å². The van der Waals surface area contributed by atoms with Crippen LogP contribution < -0.4 is 0 Å². The van der Waals surface area contributed by atoms with Gasteiger partial charge in [-0.15, -0.1) is 0 Å². The number of nitriles is 1. The number of carbonyl (C=O) groups excluding carboxylic acids is 1. The van der Waals surface area contributed by atoms with Gasteiger partial charge in [-0.2, -0.15) is 5.26 Å².